The molecule has 6 aromatic carbocycles. The van der Waals surface area contributed by atoms with E-state index in [0.717, 1.165) is 115 Å². The average Bonchev–Trinajstić information content (AvgIpc) is 1.69. The van der Waals surface area contributed by atoms with Crippen LogP contribution in [0.2, 0.25) is 0 Å². The molecule has 22 nitrogen and oxygen atoms in total. The fourth-order valence-corrected chi connectivity index (χ4v) is 11.4. The predicted molar refractivity (Wildman–Crippen MR) is 378 cm³/mol. The second kappa shape index (κ2) is 31.5. The van der Waals surface area contributed by atoms with Gasteiger partial charge >= 0.3 is 24.3 Å². The van der Waals surface area contributed by atoms with Gasteiger partial charge in [0, 0.05) is 125 Å². The van der Waals surface area contributed by atoms with Crippen LogP contribution < -0.4 is 31.9 Å². The zero-order valence-corrected chi connectivity index (χ0v) is 54.4. The molecule has 6 amide bonds. The first kappa shape index (κ1) is 68.0. The first-order valence-corrected chi connectivity index (χ1v) is 31.9. The van der Waals surface area contributed by atoms with Gasteiger partial charge in [-0.05, 0) is 133 Å². The fraction of sp³-hybridized carbons (Fsp3) is 0.219. The Morgan fingerprint density at radius 3 is 1.29 bits per heavy atom. The summed E-state index contributed by atoms with van der Waals surface area (Å²) in [6, 6.07) is 40.5. The number of aromatic nitrogens is 9. The third-order valence-corrected chi connectivity index (χ3v) is 16.5. The number of halogens is 3. The number of aliphatic hydroxyl groups is 2. The Hall–Kier alpha value is -11.4. The van der Waals surface area contributed by atoms with Crippen LogP contribution >= 0.6 is 0 Å². The van der Waals surface area contributed by atoms with Crippen LogP contribution in [-0.2, 0) is 38.8 Å². The Bertz CT molecular complexity index is 4720. The second-order valence-corrected chi connectivity index (χ2v) is 23.3. The van der Waals surface area contributed by atoms with Crippen LogP contribution in [-0.4, -0.2) is 129 Å². The lowest BCUT2D eigenvalue weighted by Crippen LogP contribution is -2.44. The van der Waals surface area contributed by atoms with Crippen LogP contribution in [0.3, 0.4) is 0 Å². The van der Waals surface area contributed by atoms with E-state index in [0.29, 0.717) is 43.2 Å². The molecule has 0 aliphatic carbocycles. The van der Waals surface area contributed by atoms with Gasteiger partial charge in [0.05, 0.1) is 85.6 Å². The molecule has 0 unspecified atom stereocenters. The Labute approximate surface area is 563 Å². The molecule has 0 bridgehead atoms. The van der Waals surface area contributed by atoms with E-state index < -0.39 is 17.8 Å². The Morgan fingerprint density at radius 2 is 0.867 bits per heavy atom. The minimum Gasteiger partial charge on any atom is -0.394 e. The molecule has 0 saturated carbocycles. The normalized spacial score (nSPS) is 12.5. The van der Waals surface area contributed by atoms with Crippen molar-refractivity contribution in [3.63, 3.8) is 0 Å². The monoisotopic (exact) mass is 1330 g/mol. The van der Waals surface area contributed by atoms with E-state index in [9.17, 15) is 37.8 Å². The number of hydrogen-bond donors (Lipinski definition) is 8. The molecule has 0 radical (unpaired) electrons. The van der Waals surface area contributed by atoms with Gasteiger partial charge in [-0.25, -0.2) is 14.4 Å². The number of anilines is 6. The largest absolute Gasteiger partial charge is 0.416 e. The van der Waals surface area contributed by atoms with Crippen LogP contribution in [0.5, 0.6) is 0 Å². The van der Waals surface area contributed by atoms with E-state index >= 15 is 0 Å². The lowest BCUT2D eigenvalue weighted by Gasteiger charge is -2.33. The summed E-state index contributed by atoms with van der Waals surface area (Å²) in [6.07, 6.45) is 12.4. The highest BCUT2D eigenvalue weighted by Crippen LogP contribution is 2.36. The maximum atomic E-state index is 13.9. The summed E-state index contributed by atoms with van der Waals surface area (Å²) in [5.41, 5.74) is 13.5. The molecule has 25 heteroatoms. The van der Waals surface area contributed by atoms with Gasteiger partial charge in [0.15, 0.2) is 0 Å². The van der Waals surface area contributed by atoms with E-state index in [1.54, 1.807) is 77.3 Å². The fourth-order valence-electron chi connectivity index (χ4n) is 11.4. The number of aryl methyl sites for hydroxylation is 3. The number of likely N-dealkylation sites (N-methyl/N-ethyl adjacent to an activating group) is 1. The molecular weight excluding hydrogens is 1250 g/mol. The van der Waals surface area contributed by atoms with Gasteiger partial charge in [0.1, 0.15) is 0 Å². The summed E-state index contributed by atoms with van der Waals surface area (Å²) in [6.45, 7) is 11.0. The van der Waals surface area contributed by atoms with Crippen LogP contribution in [0.1, 0.15) is 36.1 Å². The number of pyridine rings is 3. The molecule has 0 spiro atoms. The van der Waals surface area contributed by atoms with Crippen LogP contribution in [0.4, 0.5) is 61.7 Å². The van der Waals surface area contributed by atoms with E-state index in [1.807, 2.05) is 140 Å². The van der Waals surface area contributed by atoms with Crippen LogP contribution in [0.25, 0.3) is 66.1 Å². The van der Waals surface area contributed by atoms with Crippen molar-refractivity contribution in [1.82, 2.24) is 54.1 Å². The molecule has 0 atom stereocenters. The molecule has 6 aromatic heterocycles. The molecule has 7 heterocycles. The summed E-state index contributed by atoms with van der Waals surface area (Å²) in [5.74, 6) is 0. The van der Waals surface area contributed by atoms with Gasteiger partial charge in [-0.3, -0.25) is 33.9 Å². The summed E-state index contributed by atoms with van der Waals surface area (Å²) in [4.78, 5) is 54.3. The van der Waals surface area contributed by atoms with Crippen molar-refractivity contribution in [1.29, 1.82) is 0 Å². The maximum Gasteiger partial charge on any atom is 0.416 e. The van der Waals surface area contributed by atoms with Gasteiger partial charge < -0.3 is 47.0 Å². The smallest absolute Gasteiger partial charge is 0.394 e. The third-order valence-electron chi connectivity index (χ3n) is 16.5. The van der Waals surface area contributed by atoms with Gasteiger partial charge in [0.2, 0.25) is 0 Å². The molecule has 1 aliphatic rings. The predicted octanol–water partition coefficient (Wildman–Crippen LogP) is 13.9. The number of carbonyl (C=O) groups is 3. The first-order chi connectivity index (χ1) is 47.5. The molecule has 1 fully saturated rings. The Balaban J connectivity index is 0.000000151. The molecule has 502 valence electrons. The number of piperazine rings is 1. The number of aliphatic hydroxyl groups excluding tert-OH is 2. The number of urea groups is 3. The number of carbonyl (C=O) groups excluding carboxylic acids is 3. The first-order valence-electron chi connectivity index (χ1n) is 31.9. The number of rotatable bonds is 17. The lowest BCUT2D eigenvalue weighted by molar-refractivity contribution is -0.138. The van der Waals surface area contributed by atoms with E-state index in [-0.39, 0.29) is 43.1 Å². The maximum absolute atomic E-state index is 13.9. The highest BCUT2D eigenvalue weighted by molar-refractivity contribution is 6.03. The SMILES string of the molecule is CCc1cccc(NC(=O)Nc2ccc(-c3cncc4c3cnn4CCO)cc2)c1.CCn1ncc2c(-c3ccc(NC(=O)Nc4ccc(CN5CCN(C)CC5)c(C(F)(F)F)c4)cc3)cncc21.Cc1cccc(NC(=O)Nc2ccc(-c3cncc4c3cnn4CCO)cc2)c1. The van der Waals surface area contributed by atoms with Crippen LogP contribution in [0, 0.1) is 6.92 Å². The number of hydrogen-bond acceptors (Lipinski definition) is 13. The molecular formula is C73H74F3N17O5. The Morgan fingerprint density at radius 1 is 0.469 bits per heavy atom. The van der Waals surface area contributed by atoms with Crippen molar-refractivity contribution < 1.29 is 37.8 Å². The number of alkyl halides is 3. The van der Waals surface area contributed by atoms with Crippen molar-refractivity contribution in [2.24, 2.45) is 0 Å². The molecule has 98 heavy (non-hydrogen) atoms. The molecule has 1 saturated heterocycles. The van der Waals surface area contributed by atoms with E-state index in [4.69, 9.17) is 0 Å². The van der Waals surface area contributed by atoms with Gasteiger partial charge in [-0.15, -0.1) is 0 Å². The standard InChI is InChI=1S/C28H30F3N7O.C23H23N5O2.C22H21N5O2/c1-3-38-26-17-32-15-23(24(26)16-33-38)19-4-7-21(8-5-19)34-27(39)35-22-9-6-20(25(14-22)28(29,30)31)18-37-12-10-36(2)11-13-37;1-2-16-4-3-5-19(12-16)27-23(30)26-18-8-6-17(7-9-18)20-13-24-15-22-21(20)14-25-28(22)10-11-29;1-15-3-2-4-18(11-15)26-22(29)25-17-7-5-16(6-8-17)19-12-23-14-21-20(19)13-24-27(21)9-10-28/h4-9,14-17H,3,10-13,18H2,1-2H3,(H2,34,35,39);3-9,12-15,29H,2,10-11H2,1H3,(H2,26,27,30);2-8,11-14,28H,9-10H2,1H3,(H2,25,26,29). The quantitative estimate of drug-likeness (QED) is 0.0422. The summed E-state index contributed by atoms with van der Waals surface area (Å²) in [7, 11) is 2.00. The van der Waals surface area contributed by atoms with Crippen molar-refractivity contribution in [2.45, 2.75) is 59.5 Å². The van der Waals surface area contributed by atoms with E-state index in [1.165, 1.54) is 17.7 Å². The van der Waals surface area contributed by atoms with Gasteiger partial charge in [-0.1, -0.05) is 73.7 Å². The molecule has 13 rings (SSSR count). The number of nitrogens with zero attached hydrogens (tertiary/aromatic N) is 11. The minimum absolute atomic E-state index is 0.0198. The van der Waals surface area contributed by atoms with Crippen molar-refractivity contribution in [3.05, 3.63) is 218 Å². The molecule has 8 N–H and O–H groups in total. The summed E-state index contributed by atoms with van der Waals surface area (Å²) in [5, 5.41) is 50.9. The van der Waals surface area contributed by atoms with Crippen LogP contribution in [0.15, 0.2) is 195 Å². The topological polar surface area (TPSA) is 262 Å². The molecule has 1 aliphatic heterocycles. The second-order valence-electron chi connectivity index (χ2n) is 23.3. The number of amides is 6. The van der Waals surface area contributed by atoms with E-state index in [2.05, 4.69) is 74.0 Å². The summed E-state index contributed by atoms with van der Waals surface area (Å²) < 4.78 is 46.9. The third kappa shape index (κ3) is 17.0. The Kier molecular flexibility index (Phi) is 21.8. The molecule has 12 aromatic rings. The lowest BCUT2D eigenvalue weighted by atomic mass is 10.0. The average molecular weight is 1330 g/mol. The van der Waals surface area contributed by atoms with Gasteiger partial charge in [-0.2, -0.15) is 28.5 Å². The van der Waals surface area contributed by atoms with Crippen molar-refractivity contribution in [3.8, 4) is 33.4 Å². The van der Waals surface area contributed by atoms with Crippen molar-refractivity contribution >= 4 is 84.9 Å². The highest BCUT2D eigenvalue weighted by atomic mass is 19.4. The number of fused-ring (bicyclic) bond motifs is 3. The number of benzene rings is 6. The van der Waals surface area contributed by atoms with Gasteiger partial charge in [0.25, 0.3) is 0 Å². The number of nitrogens with one attached hydrogen (secondary N) is 6. The van der Waals surface area contributed by atoms with Crippen molar-refractivity contribution in [2.75, 3.05) is 78.3 Å². The highest BCUT2D eigenvalue weighted by Gasteiger charge is 2.34. The minimum atomic E-state index is -4.53. The zero-order chi connectivity index (χ0) is 68.7. The summed E-state index contributed by atoms with van der Waals surface area (Å²) >= 11 is 0. The zero-order valence-electron chi connectivity index (χ0n) is 54.4.